The van der Waals surface area contributed by atoms with Crippen LogP contribution in [0.5, 0.6) is 0 Å². The highest BCUT2D eigenvalue weighted by molar-refractivity contribution is 5.18. The van der Waals surface area contributed by atoms with Crippen molar-refractivity contribution in [2.45, 2.75) is 51.3 Å². The zero-order valence-corrected chi connectivity index (χ0v) is 11.5. The fourth-order valence-corrected chi connectivity index (χ4v) is 2.98. The molecule has 1 N–H and O–H groups in total. The van der Waals surface area contributed by atoms with E-state index < -0.39 is 17.8 Å². The Hall–Kier alpha value is -1.10. The Morgan fingerprint density at radius 3 is 2.65 bits per heavy atom. The standard InChI is InChI=1S/C15H20F3NO/c1-2-10-4-3-5-11(8-10)14(20)13-7-6-12(9-19-13)15(16,17)18/h6-7,9-11,14,20H,2-5,8H2,1H3. The Balaban J connectivity index is 2.07. The quantitative estimate of drug-likeness (QED) is 0.896. The fraction of sp³-hybridized carbons (Fsp3) is 0.667. The molecule has 0 aliphatic heterocycles. The van der Waals surface area contributed by atoms with Crippen molar-refractivity contribution in [1.29, 1.82) is 0 Å². The second kappa shape index (κ2) is 6.12. The molecule has 20 heavy (non-hydrogen) atoms. The van der Waals surface area contributed by atoms with E-state index >= 15 is 0 Å². The van der Waals surface area contributed by atoms with Gasteiger partial charge in [-0.05, 0) is 36.8 Å². The molecule has 0 saturated heterocycles. The van der Waals surface area contributed by atoms with Gasteiger partial charge in [0, 0.05) is 6.20 Å². The smallest absolute Gasteiger partial charge is 0.387 e. The highest BCUT2D eigenvalue weighted by Gasteiger charge is 2.32. The number of hydrogen-bond donors (Lipinski definition) is 1. The molecule has 1 heterocycles. The molecule has 3 atom stereocenters. The molecule has 1 aromatic rings. The summed E-state index contributed by atoms with van der Waals surface area (Å²) in [6, 6.07) is 2.29. The predicted octanol–water partition coefficient (Wildman–Crippen LogP) is 4.35. The van der Waals surface area contributed by atoms with Gasteiger partial charge in [0.25, 0.3) is 0 Å². The molecule has 112 valence electrons. The largest absolute Gasteiger partial charge is 0.417 e. The first kappa shape index (κ1) is 15.3. The first-order chi connectivity index (χ1) is 9.41. The number of aromatic nitrogens is 1. The van der Waals surface area contributed by atoms with Crippen LogP contribution in [0.25, 0.3) is 0 Å². The van der Waals surface area contributed by atoms with Gasteiger partial charge < -0.3 is 5.11 Å². The number of rotatable bonds is 3. The van der Waals surface area contributed by atoms with E-state index in [4.69, 9.17) is 0 Å². The molecule has 2 rings (SSSR count). The SMILES string of the molecule is CCC1CCCC(C(O)c2ccc(C(F)(F)F)cn2)C1. The molecule has 0 bridgehead atoms. The minimum absolute atomic E-state index is 0.109. The number of aliphatic hydroxyl groups excluding tert-OH is 1. The number of alkyl halides is 3. The second-order valence-corrected chi connectivity index (χ2v) is 5.62. The Bertz CT molecular complexity index is 430. The number of pyridine rings is 1. The third-order valence-corrected chi connectivity index (χ3v) is 4.26. The first-order valence-electron chi connectivity index (χ1n) is 7.13. The van der Waals surface area contributed by atoms with E-state index in [1.54, 1.807) is 0 Å². The molecule has 0 spiro atoms. The van der Waals surface area contributed by atoms with Crippen molar-refractivity contribution < 1.29 is 18.3 Å². The normalized spacial score (nSPS) is 25.4. The van der Waals surface area contributed by atoms with Crippen LogP contribution in [0.4, 0.5) is 13.2 Å². The third kappa shape index (κ3) is 3.51. The molecule has 0 radical (unpaired) electrons. The van der Waals surface area contributed by atoms with E-state index in [2.05, 4.69) is 11.9 Å². The van der Waals surface area contributed by atoms with Crippen molar-refractivity contribution in [3.05, 3.63) is 29.6 Å². The monoisotopic (exact) mass is 287 g/mol. The summed E-state index contributed by atoms with van der Waals surface area (Å²) in [6.45, 7) is 2.13. The van der Waals surface area contributed by atoms with E-state index in [1.165, 1.54) is 12.5 Å². The van der Waals surface area contributed by atoms with Crippen molar-refractivity contribution in [2.75, 3.05) is 0 Å². The number of nitrogens with zero attached hydrogens (tertiary/aromatic N) is 1. The Kier molecular flexibility index (Phi) is 4.68. The van der Waals surface area contributed by atoms with Crippen molar-refractivity contribution in [1.82, 2.24) is 4.98 Å². The predicted molar refractivity (Wildman–Crippen MR) is 69.9 cm³/mol. The summed E-state index contributed by atoms with van der Waals surface area (Å²) in [4.78, 5) is 3.80. The van der Waals surface area contributed by atoms with Crippen LogP contribution in [-0.4, -0.2) is 10.1 Å². The lowest BCUT2D eigenvalue weighted by Gasteiger charge is -2.31. The van der Waals surface area contributed by atoms with Crippen LogP contribution in [-0.2, 0) is 6.18 Å². The zero-order valence-electron chi connectivity index (χ0n) is 11.5. The van der Waals surface area contributed by atoms with Crippen LogP contribution >= 0.6 is 0 Å². The lowest BCUT2D eigenvalue weighted by atomic mass is 9.77. The highest BCUT2D eigenvalue weighted by Crippen LogP contribution is 2.38. The highest BCUT2D eigenvalue weighted by atomic mass is 19.4. The molecule has 1 fully saturated rings. The van der Waals surface area contributed by atoms with Crippen LogP contribution in [0.1, 0.15) is 56.4 Å². The zero-order chi connectivity index (χ0) is 14.8. The lowest BCUT2D eigenvalue weighted by Crippen LogP contribution is -2.22. The summed E-state index contributed by atoms with van der Waals surface area (Å²) in [7, 11) is 0. The average molecular weight is 287 g/mol. The molecule has 0 aromatic carbocycles. The average Bonchev–Trinajstić information content (AvgIpc) is 2.46. The maximum absolute atomic E-state index is 12.5. The van der Waals surface area contributed by atoms with E-state index in [0.29, 0.717) is 11.6 Å². The molecule has 5 heteroatoms. The Labute approximate surface area is 117 Å². The summed E-state index contributed by atoms with van der Waals surface area (Å²) in [5.74, 6) is 0.718. The second-order valence-electron chi connectivity index (χ2n) is 5.62. The summed E-state index contributed by atoms with van der Waals surface area (Å²) in [6.07, 6.45) is 0.852. The number of hydrogen-bond acceptors (Lipinski definition) is 2. The third-order valence-electron chi connectivity index (χ3n) is 4.26. The van der Waals surface area contributed by atoms with E-state index in [-0.39, 0.29) is 5.92 Å². The molecule has 0 amide bonds. The van der Waals surface area contributed by atoms with Crippen molar-refractivity contribution in [3.63, 3.8) is 0 Å². The maximum Gasteiger partial charge on any atom is 0.417 e. The maximum atomic E-state index is 12.5. The van der Waals surface area contributed by atoms with Crippen LogP contribution in [0.15, 0.2) is 18.3 Å². The summed E-state index contributed by atoms with van der Waals surface area (Å²) >= 11 is 0. The van der Waals surface area contributed by atoms with Gasteiger partial charge in [0.05, 0.1) is 17.4 Å². The Morgan fingerprint density at radius 2 is 2.10 bits per heavy atom. The van der Waals surface area contributed by atoms with E-state index in [0.717, 1.165) is 37.9 Å². The van der Waals surface area contributed by atoms with Gasteiger partial charge in [-0.1, -0.05) is 26.2 Å². The number of halogens is 3. The molecule has 1 aliphatic carbocycles. The van der Waals surface area contributed by atoms with Gasteiger partial charge in [0.15, 0.2) is 0 Å². The minimum atomic E-state index is -4.38. The van der Waals surface area contributed by atoms with Gasteiger partial charge >= 0.3 is 6.18 Å². The summed E-state index contributed by atoms with van der Waals surface area (Å²) in [5, 5.41) is 10.3. The van der Waals surface area contributed by atoms with Crippen molar-refractivity contribution >= 4 is 0 Å². The van der Waals surface area contributed by atoms with Crippen LogP contribution < -0.4 is 0 Å². The molecule has 3 unspecified atom stereocenters. The van der Waals surface area contributed by atoms with Gasteiger partial charge in [-0.15, -0.1) is 0 Å². The van der Waals surface area contributed by atoms with E-state index in [9.17, 15) is 18.3 Å². The number of aliphatic hydroxyl groups is 1. The van der Waals surface area contributed by atoms with Crippen molar-refractivity contribution in [2.24, 2.45) is 11.8 Å². The van der Waals surface area contributed by atoms with Gasteiger partial charge in [-0.25, -0.2) is 0 Å². The van der Waals surface area contributed by atoms with Gasteiger partial charge in [0.2, 0.25) is 0 Å². The summed E-state index contributed by atoms with van der Waals surface area (Å²) in [5.41, 5.74) is -0.428. The lowest BCUT2D eigenvalue weighted by molar-refractivity contribution is -0.137. The molecular formula is C15H20F3NO. The molecular weight excluding hydrogens is 267 g/mol. The fourth-order valence-electron chi connectivity index (χ4n) is 2.98. The van der Waals surface area contributed by atoms with Crippen LogP contribution in [0, 0.1) is 11.8 Å². The minimum Gasteiger partial charge on any atom is -0.387 e. The summed E-state index contributed by atoms with van der Waals surface area (Å²) < 4.78 is 37.4. The molecule has 1 saturated carbocycles. The molecule has 1 aliphatic rings. The van der Waals surface area contributed by atoms with Crippen LogP contribution in [0.2, 0.25) is 0 Å². The molecule has 2 nitrogen and oxygen atoms in total. The van der Waals surface area contributed by atoms with Gasteiger partial charge in [0.1, 0.15) is 0 Å². The van der Waals surface area contributed by atoms with Crippen molar-refractivity contribution in [3.8, 4) is 0 Å². The van der Waals surface area contributed by atoms with Gasteiger partial charge in [-0.3, -0.25) is 4.98 Å². The Morgan fingerprint density at radius 1 is 1.35 bits per heavy atom. The van der Waals surface area contributed by atoms with Gasteiger partial charge in [-0.2, -0.15) is 13.2 Å². The first-order valence-corrected chi connectivity index (χ1v) is 7.13. The van der Waals surface area contributed by atoms with E-state index in [1.807, 2.05) is 0 Å². The van der Waals surface area contributed by atoms with Crippen LogP contribution in [0.3, 0.4) is 0 Å². The topological polar surface area (TPSA) is 33.1 Å². The molecule has 1 aromatic heterocycles.